The van der Waals surface area contributed by atoms with Gasteiger partial charge in [0, 0.05) is 39.8 Å². The van der Waals surface area contributed by atoms with Gasteiger partial charge in [-0.2, -0.15) is 0 Å². The molecule has 0 saturated carbocycles. The van der Waals surface area contributed by atoms with E-state index >= 15 is 0 Å². The van der Waals surface area contributed by atoms with Gasteiger partial charge in [0.05, 0.1) is 17.4 Å². The fraction of sp³-hybridized carbons (Fsp3) is 0.0455. The number of fused-ring (bicyclic) bond motifs is 2. The SMILES string of the molecule is O=C(O)c1c(-c2ccc[nH]c2=O)c2cc(Cl)ccc2n1Cc1ccc2nc[nH]c2c1. The van der Waals surface area contributed by atoms with Crippen LogP contribution in [0.1, 0.15) is 16.1 Å². The number of aromatic amines is 2. The van der Waals surface area contributed by atoms with Crippen LogP contribution in [0.4, 0.5) is 0 Å². The Kier molecular flexibility index (Phi) is 4.18. The number of carboxylic acids is 1. The lowest BCUT2D eigenvalue weighted by molar-refractivity contribution is 0.0687. The van der Waals surface area contributed by atoms with Crippen LogP contribution in [0.3, 0.4) is 0 Å². The molecule has 7 nitrogen and oxygen atoms in total. The highest BCUT2D eigenvalue weighted by Gasteiger charge is 2.25. The van der Waals surface area contributed by atoms with Crippen LogP contribution in [-0.2, 0) is 6.54 Å². The van der Waals surface area contributed by atoms with E-state index in [1.165, 1.54) is 6.20 Å². The van der Waals surface area contributed by atoms with Gasteiger partial charge < -0.3 is 19.6 Å². The second-order valence-electron chi connectivity index (χ2n) is 6.94. The molecule has 0 saturated heterocycles. The van der Waals surface area contributed by atoms with Crippen molar-refractivity contribution in [1.82, 2.24) is 19.5 Å². The number of aromatic carboxylic acids is 1. The number of nitrogens with zero attached hydrogens (tertiary/aromatic N) is 2. The van der Waals surface area contributed by atoms with Crippen molar-refractivity contribution in [2.24, 2.45) is 0 Å². The van der Waals surface area contributed by atoms with E-state index in [2.05, 4.69) is 15.0 Å². The molecule has 5 rings (SSSR count). The number of carbonyl (C=O) groups is 1. The van der Waals surface area contributed by atoms with Gasteiger partial charge in [-0.3, -0.25) is 4.79 Å². The standard InChI is InChI=1S/C22H15ClN4O3/c23-13-4-6-18-15(9-13)19(14-2-1-7-24-21(14)28)20(22(29)30)27(18)10-12-3-5-16-17(8-12)26-11-25-16/h1-9,11H,10H2,(H,24,28)(H,25,26)(H,29,30). The second-order valence-corrected chi connectivity index (χ2v) is 7.38. The molecule has 5 aromatic rings. The highest BCUT2D eigenvalue weighted by Crippen LogP contribution is 2.35. The topological polar surface area (TPSA) is 104 Å². The number of aromatic nitrogens is 4. The van der Waals surface area contributed by atoms with E-state index in [0.717, 1.165) is 16.6 Å². The minimum atomic E-state index is -1.12. The molecule has 3 aromatic heterocycles. The van der Waals surface area contributed by atoms with Gasteiger partial charge in [-0.15, -0.1) is 0 Å². The molecule has 0 amide bonds. The first-order chi connectivity index (χ1) is 14.5. The van der Waals surface area contributed by atoms with Crippen molar-refractivity contribution in [1.29, 1.82) is 0 Å². The minimum Gasteiger partial charge on any atom is -0.477 e. The largest absolute Gasteiger partial charge is 0.477 e. The number of hydrogen-bond acceptors (Lipinski definition) is 3. The summed E-state index contributed by atoms with van der Waals surface area (Å²) >= 11 is 6.22. The highest BCUT2D eigenvalue weighted by atomic mass is 35.5. The Morgan fingerprint density at radius 1 is 1.13 bits per heavy atom. The fourth-order valence-electron chi connectivity index (χ4n) is 3.87. The first kappa shape index (κ1) is 18.2. The predicted octanol–water partition coefficient (Wildman–Crippen LogP) is 4.27. The summed E-state index contributed by atoms with van der Waals surface area (Å²) in [6.45, 7) is 0.305. The van der Waals surface area contributed by atoms with Crippen LogP contribution in [0.2, 0.25) is 5.02 Å². The molecule has 0 spiro atoms. The Hall–Kier alpha value is -3.84. The summed E-state index contributed by atoms with van der Waals surface area (Å²) in [5.74, 6) is -1.12. The maximum absolute atomic E-state index is 12.5. The number of carboxylic acid groups (broad SMARTS) is 1. The van der Waals surface area contributed by atoms with Gasteiger partial charge in [-0.05, 0) is 48.0 Å². The van der Waals surface area contributed by atoms with E-state index in [4.69, 9.17) is 11.6 Å². The Morgan fingerprint density at radius 3 is 2.80 bits per heavy atom. The molecular formula is C22H15ClN4O3. The molecular weight excluding hydrogens is 404 g/mol. The number of H-pyrrole nitrogens is 2. The van der Waals surface area contributed by atoms with E-state index in [9.17, 15) is 14.7 Å². The summed E-state index contributed by atoms with van der Waals surface area (Å²) in [7, 11) is 0. The average Bonchev–Trinajstić information content (AvgIpc) is 3.30. The van der Waals surface area contributed by atoms with Crippen molar-refractivity contribution in [3.8, 4) is 11.1 Å². The molecule has 0 bridgehead atoms. The lowest BCUT2D eigenvalue weighted by Gasteiger charge is -2.10. The van der Waals surface area contributed by atoms with Gasteiger partial charge in [0.1, 0.15) is 5.69 Å². The van der Waals surface area contributed by atoms with E-state index in [0.29, 0.717) is 28.0 Å². The average molecular weight is 419 g/mol. The van der Waals surface area contributed by atoms with Gasteiger partial charge >= 0.3 is 5.97 Å². The molecule has 0 aliphatic rings. The zero-order valence-electron chi connectivity index (χ0n) is 15.5. The van der Waals surface area contributed by atoms with E-state index < -0.39 is 5.97 Å². The third-order valence-corrected chi connectivity index (χ3v) is 5.38. The molecule has 0 unspecified atom stereocenters. The van der Waals surface area contributed by atoms with Crippen LogP contribution < -0.4 is 5.56 Å². The molecule has 0 fully saturated rings. The number of hydrogen-bond donors (Lipinski definition) is 3. The smallest absolute Gasteiger partial charge is 0.353 e. The number of nitrogens with one attached hydrogen (secondary N) is 2. The summed E-state index contributed by atoms with van der Waals surface area (Å²) in [5, 5.41) is 11.2. The predicted molar refractivity (Wildman–Crippen MR) is 115 cm³/mol. The van der Waals surface area contributed by atoms with E-state index in [1.54, 1.807) is 41.2 Å². The van der Waals surface area contributed by atoms with Crippen molar-refractivity contribution in [3.05, 3.63) is 87.7 Å². The summed E-state index contributed by atoms with van der Waals surface area (Å²) in [5.41, 5.74) is 3.58. The van der Waals surface area contributed by atoms with Crippen LogP contribution in [0.25, 0.3) is 33.1 Å². The number of rotatable bonds is 4. The Bertz CT molecular complexity index is 1500. The first-order valence-electron chi connectivity index (χ1n) is 9.18. The van der Waals surface area contributed by atoms with E-state index in [1.807, 2.05) is 18.2 Å². The van der Waals surface area contributed by atoms with Crippen molar-refractivity contribution in [2.75, 3.05) is 0 Å². The summed E-state index contributed by atoms with van der Waals surface area (Å²) < 4.78 is 1.70. The second kappa shape index (κ2) is 6.89. The molecule has 8 heteroatoms. The first-order valence-corrected chi connectivity index (χ1v) is 9.56. The molecule has 3 heterocycles. The van der Waals surface area contributed by atoms with Crippen LogP contribution in [0.5, 0.6) is 0 Å². The molecule has 0 aliphatic heterocycles. The molecule has 2 aromatic carbocycles. The number of halogens is 1. The third kappa shape index (κ3) is 2.87. The maximum atomic E-state index is 12.5. The van der Waals surface area contributed by atoms with Gasteiger partial charge in [-0.1, -0.05) is 17.7 Å². The van der Waals surface area contributed by atoms with Crippen molar-refractivity contribution in [3.63, 3.8) is 0 Å². The molecule has 148 valence electrons. The lowest BCUT2D eigenvalue weighted by atomic mass is 10.0. The van der Waals surface area contributed by atoms with Crippen LogP contribution in [0.15, 0.2) is 65.8 Å². The molecule has 0 atom stereocenters. The third-order valence-electron chi connectivity index (χ3n) is 5.14. The summed E-state index contributed by atoms with van der Waals surface area (Å²) in [4.78, 5) is 34.8. The van der Waals surface area contributed by atoms with E-state index in [-0.39, 0.29) is 16.8 Å². The number of pyridine rings is 1. The molecule has 30 heavy (non-hydrogen) atoms. The molecule has 3 N–H and O–H groups in total. The summed E-state index contributed by atoms with van der Waals surface area (Å²) in [6.07, 6.45) is 3.13. The molecule has 0 aliphatic carbocycles. The van der Waals surface area contributed by atoms with Crippen molar-refractivity contribution < 1.29 is 9.90 Å². The quantitative estimate of drug-likeness (QED) is 0.405. The Balaban J connectivity index is 1.81. The monoisotopic (exact) mass is 418 g/mol. The zero-order valence-corrected chi connectivity index (χ0v) is 16.3. The van der Waals surface area contributed by atoms with Gasteiger partial charge in [0.2, 0.25) is 0 Å². The number of benzene rings is 2. The highest BCUT2D eigenvalue weighted by molar-refractivity contribution is 6.31. The van der Waals surface area contributed by atoms with Gasteiger partial charge in [0.15, 0.2) is 0 Å². The summed E-state index contributed by atoms with van der Waals surface area (Å²) in [6, 6.07) is 14.2. The number of imidazole rings is 1. The van der Waals surface area contributed by atoms with Gasteiger partial charge in [0.25, 0.3) is 5.56 Å². The normalized spacial score (nSPS) is 11.4. The lowest BCUT2D eigenvalue weighted by Crippen LogP contribution is -2.13. The van der Waals surface area contributed by atoms with Gasteiger partial charge in [-0.25, -0.2) is 9.78 Å². The van der Waals surface area contributed by atoms with Crippen LogP contribution in [-0.4, -0.2) is 30.6 Å². The zero-order chi connectivity index (χ0) is 20.8. The fourth-order valence-corrected chi connectivity index (χ4v) is 4.04. The minimum absolute atomic E-state index is 0.0358. The van der Waals surface area contributed by atoms with Crippen LogP contribution in [0, 0.1) is 0 Å². The Morgan fingerprint density at radius 2 is 2.00 bits per heavy atom. The Labute approximate surface area is 174 Å². The maximum Gasteiger partial charge on any atom is 0.353 e. The van der Waals surface area contributed by atoms with Crippen molar-refractivity contribution in [2.45, 2.75) is 6.54 Å². The van der Waals surface area contributed by atoms with Crippen LogP contribution >= 0.6 is 11.6 Å². The molecule has 0 radical (unpaired) electrons. The van der Waals surface area contributed by atoms with Crippen molar-refractivity contribution >= 4 is 39.5 Å².